The Hall–Kier alpha value is -0.0538. The summed E-state index contributed by atoms with van der Waals surface area (Å²) in [5.74, 6) is 0.560. The maximum Gasteiger partial charge on any atom is 2.00 e. The van der Waals surface area contributed by atoms with Crippen molar-refractivity contribution in [3.8, 4) is 0 Å². The number of allylic oxidation sites excluding steroid dienone is 2. The molecular weight excluding hydrogens is 208 g/mol. The molecule has 0 rings (SSSR count). The molecule has 0 aliphatic heterocycles. The van der Waals surface area contributed by atoms with E-state index in [2.05, 4.69) is 40.9 Å². The second-order valence-electron chi connectivity index (χ2n) is 3.18. The summed E-state index contributed by atoms with van der Waals surface area (Å²) < 4.78 is 0. The molecule has 1 N–H and O–H groups in total. The van der Waals surface area contributed by atoms with Gasteiger partial charge in [0, 0.05) is 6.61 Å². The number of aliphatic hydroxyl groups excluding tert-OH is 1. The summed E-state index contributed by atoms with van der Waals surface area (Å²) in [6, 6.07) is 0. The minimum Gasteiger partial charge on any atom is -0.396 e. The maximum atomic E-state index is 8.75. The van der Waals surface area contributed by atoms with Gasteiger partial charge >= 0.3 is 23.1 Å². The first-order chi connectivity index (χ1) is 7.17. The van der Waals surface area contributed by atoms with Crippen LogP contribution in [0.2, 0.25) is 0 Å². The molecule has 0 aromatic heterocycles. The molecule has 92 valence electrons. The van der Waals surface area contributed by atoms with E-state index in [0.29, 0.717) is 12.5 Å². The average Bonchev–Trinajstić information content (AvgIpc) is 2.22. The minimum atomic E-state index is 0. The molecule has 0 aliphatic carbocycles. The Kier molecular flexibility index (Phi) is 45.8. The first-order valence-corrected chi connectivity index (χ1v) is 5.59. The molecule has 0 spiro atoms. The van der Waals surface area contributed by atoms with Crippen molar-refractivity contribution in [2.24, 2.45) is 5.92 Å². The third-order valence-electron chi connectivity index (χ3n) is 1.80. The molecule has 0 aliphatic rings. The van der Waals surface area contributed by atoms with Crippen molar-refractivity contribution in [2.45, 2.75) is 39.5 Å². The molecule has 0 aromatic rings. The number of rotatable bonds is 5. The number of aliphatic hydroxyl groups is 1. The summed E-state index contributed by atoms with van der Waals surface area (Å²) in [5.41, 5.74) is 0. The number of unbranched alkanes of at least 4 members (excludes halogenated alkanes) is 1. The topological polar surface area (TPSA) is 20.2 Å². The molecule has 0 heterocycles. The van der Waals surface area contributed by atoms with Crippen LogP contribution >= 0.6 is 0 Å². The van der Waals surface area contributed by atoms with Crippen molar-refractivity contribution in [2.75, 3.05) is 6.61 Å². The molecular formula is C14H28MgO. The number of hydrogen-bond acceptors (Lipinski definition) is 1. The van der Waals surface area contributed by atoms with E-state index in [1.165, 1.54) is 31.4 Å². The van der Waals surface area contributed by atoms with Crippen LogP contribution in [0.25, 0.3) is 0 Å². The Balaban J connectivity index is -0.0000000870. The van der Waals surface area contributed by atoms with Gasteiger partial charge in [0.2, 0.25) is 0 Å². The SMILES string of the molecule is C=C[CH2-].C=C[CH2-].CCCCC(CC)CO.[Mg+2]. The summed E-state index contributed by atoms with van der Waals surface area (Å²) in [4.78, 5) is 0. The standard InChI is InChI=1S/C8H18O.2C3H5.Mg/c1-3-5-6-8(4-2)7-9;2*1-3-2;/h8-9H,3-7H2,1-2H3;2*3H,1-2H2;/q;2*-1;+2. The van der Waals surface area contributed by atoms with Gasteiger partial charge in [-0.15, -0.1) is 0 Å². The van der Waals surface area contributed by atoms with Crippen LogP contribution in [-0.2, 0) is 0 Å². The fraction of sp³-hybridized carbons (Fsp3) is 0.571. The van der Waals surface area contributed by atoms with Crippen LogP contribution in [0.5, 0.6) is 0 Å². The van der Waals surface area contributed by atoms with E-state index < -0.39 is 0 Å². The zero-order valence-electron chi connectivity index (χ0n) is 11.3. The molecule has 16 heavy (non-hydrogen) atoms. The zero-order chi connectivity index (χ0) is 12.5. The van der Waals surface area contributed by atoms with Crippen LogP contribution in [0.1, 0.15) is 39.5 Å². The van der Waals surface area contributed by atoms with Crippen molar-refractivity contribution >= 4 is 23.1 Å². The normalized spacial score (nSPS) is 9.19. The Labute approximate surface area is 119 Å². The van der Waals surface area contributed by atoms with Crippen LogP contribution in [0.4, 0.5) is 0 Å². The van der Waals surface area contributed by atoms with Gasteiger partial charge in [0.1, 0.15) is 0 Å². The summed E-state index contributed by atoms with van der Waals surface area (Å²) >= 11 is 0. The fourth-order valence-electron chi connectivity index (χ4n) is 0.917. The Morgan fingerprint density at radius 3 is 1.75 bits per heavy atom. The van der Waals surface area contributed by atoms with Gasteiger partial charge in [0.05, 0.1) is 0 Å². The van der Waals surface area contributed by atoms with E-state index in [4.69, 9.17) is 5.11 Å². The molecule has 0 radical (unpaired) electrons. The Bertz CT molecular complexity index is 103. The van der Waals surface area contributed by atoms with Crippen molar-refractivity contribution in [3.05, 3.63) is 39.2 Å². The molecule has 1 atom stereocenters. The molecule has 0 fully saturated rings. The van der Waals surface area contributed by atoms with Crippen molar-refractivity contribution < 1.29 is 5.11 Å². The van der Waals surface area contributed by atoms with Crippen molar-refractivity contribution in [1.29, 1.82) is 0 Å². The second kappa shape index (κ2) is 29.4. The summed E-state index contributed by atoms with van der Waals surface area (Å²) in [5, 5.41) is 8.75. The van der Waals surface area contributed by atoms with Crippen LogP contribution in [0.15, 0.2) is 25.3 Å². The summed E-state index contributed by atoms with van der Waals surface area (Å²) in [6.45, 7) is 17.7. The molecule has 1 nitrogen and oxygen atoms in total. The molecule has 1 unspecified atom stereocenters. The maximum absolute atomic E-state index is 8.75. The third-order valence-corrected chi connectivity index (χ3v) is 1.80. The van der Waals surface area contributed by atoms with Gasteiger partial charge in [-0.2, -0.15) is 0 Å². The third kappa shape index (κ3) is 37.0. The predicted molar refractivity (Wildman–Crippen MR) is 77.3 cm³/mol. The van der Waals surface area contributed by atoms with Gasteiger partial charge in [-0.05, 0) is 12.3 Å². The molecule has 0 amide bonds. The van der Waals surface area contributed by atoms with Gasteiger partial charge in [-0.1, -0.05) is 33.1 Å². The van der Waals surface area contributed by atoms with Gasteiger partial charge in [-0.25, -0.2) is 39.2 Å². The van der Waals surface area contributed by atoms with E-state index in [1.54, 1.807) is 0 Å². The summed E-state index contributed by atoms with van der Waals surface area (Å²) in [6.07, 6.45) is 7.83. The molecule has 0 aromatic carbocycles. The second-order valence-corrected chi connectivity index (χ2v) is 3.18. The van der Waals surface area contributed by atoms with E-state index in [1.807, 2.05) is 0 Å². The van der Waals surface area contributed by atoms with Crippen LogP contribution in [0.3, 0.4) is 0 Å². The first-order valence-electron chi connectivity index (χ1n) is 5.59. The van der Waals surface area contributed by atoms with Gasteiger partial charge in [-0.3, -0.25) is 0 Å². The zero-order valence-corrected chi connectivity index (χ0v) is 12.7. The van der Waals surface area contributed by atoms with Crippen LogP contribution < -0.4 is 0 Å². The largest absolute Gasteiger partial charge is 2.00 e. The average molecular weight is 237 g/mol. The first kappa shape index (κ1) is 25.0. The van der Waals surface area contributed by atoms with E-state index in [0.717, 1.165) is 6.42 Å². The monoisotopic (exact) mass is 236 g/mol. The predicted octanol–water partition coefficient (Wildman–Crippen LogP) is 3.83. The number of hydrogen-bond donors (Lipinski definition) is 1. The van der Waals surface area contributed by atoms with E-state index >= 15 is 0 Å². The van der Waals surface area contributed by atoms with E-state index in [9.17, 15) is 0 Å². The van der Waals surface area contributed by atoms with E-state index in [-0.39, 0.29) is 23.1 Å². The van der Waals surface area contributed by atoms with Crippen molar-refractivity contribution in [1.82, 2.24) is 0 Å². The summed E-state index contributed by atoms with van der Waals surface area (Å²) in [7, 11) is 0. The van der Waals surface area contributed by atoms with Crippen LogP contribution in [-0.4, -0.2) is 34.8 Å². The smallest absolute Gasteiger partial charge is 0.396 e. The van der Waals surface area contributed by atoms with Crippen molar-refractivity contribution in [3.63, 3.8) is 0 Å². The Morgan fingerprint density at radius 1 is 1.19 bits per heavy atom. The molecule has 2 heteroatoms. The Morgan fingerprint density at radius 2 is 1.56 bits per heavy atom. The van der Waals surface area contributed by atoms with Crippen LogP contribution in [0, 0.1) is 19.8 Å². The molecule has 0 bridgehead atoms. The fourth-order valence-corrected chi connectivity index (χ4v) is 0.917. The van der Waals surface area contributed by atoms with Gasteiger partial charge in [0.25, 0.3) is 0 Å². The molecule has 0 saturated carbocycles. The van der Waals surface area contributed by atoms with Gasteiger partial charge < -0.3 is 5.11 Å². The minimum absolute atomic E-state index is 0. The molecule has 0 saturated heterocycles. The van der Waals surface area contributed by atoms with Gasteiger partial charge in [0.15, 0.2) is 0 Å². The quantitative estimate of drug-likeness (QED) is 0.568.